The van der Waals surface area contributed by atoms with Crippen molar-refractivity contribution in [2.24, 2.45) is 0 Å². The van der Waals surface area contributed by atoms with Crippen LogP contribution >= 0.6 is 11.3 Å². The molecule has 5 heteroatoms. The molecule has 1 saturated heterocycles. The van der Waals surface area contributed by atoms with Crippen molar-refractivity contribution in [1.29, 1.82) is 0 Å². The van der Waals surface area contributed by atoms with Crippen LogP contribution in [0.3, 0.4) is 0 Å². The zero-order valence-electron chi connectivity index (χ0n) is 10.5. The Kier molecular flexibility index (Phi) is 3.40. The van der Waals surface area contributed by atoms with Gasteiger partial charge in [-0.15, -0.1) is 11.3 Å². The third-order valence-corrected chi connectivity index (χ3v) is 4.46. The highest BCUT2D eigenvalue weighted by Crippen LogP contribution is 2.26. The molecule has 0 bridgehead atoms. The van der Waals surface area contributed by atoms with Crippen LogP contribution in [0.5, 0.6) is 0 Å². The van der Waals surface area contributed by atoms with Gasteiger partial charge >= 0.3 is 0 Å². The number of nitrogens with zero attached hydrogens (tertiary/aromatic N) is 2. The summed E-state index contributed by atoms with van der Waals surface area (Å²) in [5.41, 5.74) is 0.920. The Morgan fingerprint density at radius 3 is 2.95 bits per heavy atom. The van der Waals surface area contributed by atoms with E-state index in [9.17, 15) is 9.90 Å². The standard InChI is InChI=1S/C14H16N2O2S/c17-10-11-4-3-8-16(11)14(18)13-12(5-9-19-13)15-6-1-2-7-15/h1-2,5-7,9,11,17H,3-4,8,10H2. The van der Waals surface area contributed by atoms with Gasteiger partial charge < -0.3 is 14.6 Å². The minimum Gasteiger partial charge on any atom is -0.394 e. The Balaban J connectivity index is 1.91. The summed E-state index contributed by atoms with van der Waals surface area (Å²) < 4.78 is 1.95. The van der Waals surface area contributed by atoms with E-state index >= 15 is 0 Å². The number of thiophene rings is 1. The molecule has 2 aromatic heterocycles. The smallest absolute Gasteiger partial charge is 0.266 e. The second kappa shape index (κ2) is 5.19. The first-order chi connectivity index (χ1) is 9.31. The highest BCUT2D eigenvalue weighted by Gasteiger charge is 2.30. The Bertz CT molecular complexity index is 562. The van der Waals surface area contributed by atoms with Crippen LogP contribution in [0.15, 0.2) is 36.0 Å². The van der Waals surface area contributed by atoms with Crippen LogP contribution in [0.25, 0.3) is 5.69 Å². The second-order valence-corrected chi connectivity index (χ2v) is 5.62. The number of carbonyl (C=O) groups is 1. The van der Waals surface area contributed by atoms with E-state index in [1.807, 2.05) is 40.5 Å². The Morgan fingerprint density at radius 2 is 2.21 bits per heavy atom. The van der Waals surface area contributed by atoms with E-state index in [4.69, 9.17) is 0 Å². The highest BCUT2D eigenvalue weighted by molar-refractivity contribution is 7.12. The molecule has 1 atom stereocenters. The van der Waals surface area contributed by atoms with Gasteiger partial charge in [0, 0.05) is 18.9 Å². The number of likely N-dealkylation sites (tertiary alicyclic amines) is 1. The molecule has 0 spiro atoms. The maximum Gasteiger partial charge on any atom is 0.266 e. The average Bonchev–Trinajstić information content (AvgIpc) is 3.16. The number of amides is 1. The van der Waals surface area contributed by atoms with E-state index in [0.717, 1.165) is 30.0 Å². The van der Waals surface area contributed by atoms with Gasteiger partial charge in [0.15, 0.2) is 0 Å². The highest BCUT2D eigenvalue weighted by atomic mass is 32.1. The van der Waals surface area contributed by atoms with E-state index in [1.54, 1.807) is 4.90 Å². The fourth-order valence-corrected chi connectivity index (χ4v) is 3.43. The van der Waals surface area contributed by atoms with Gasteiger partial charge in [-0.3, -0.25) is 4.79 Å². The molecule has 1 aliphatic heterocycles. The fourth-order valence-electron chi connectivity index (χ4n) is 2.58. The zero-order valence-corrected chi connectivity index (χ0v) is 11.3. The quantitative estimate of drug-likeness (QED) is 0.933. The predicted octanol–water partition coefficient (Wildman–Crippen LogP) is 2.14. The molecular weight excluding hydrogens is 260 g/mol. The third kappa shape index (κ3) is 2.19. The summed E-state index contributed by atoms with van der Waals surface area (Å²) in [6.45, 7) is 0.795. The second-order valence-electron chi connectivity index (χ2n) is 4.70. The van der Waals surface area contributed by atoms with Crippen LogP contribution in [-0.4, -0.2) is 39.7 Å². The summed E-state index contributed by atoms with van der Waals surface area (Å²) in [5.74, 6) is 0.0373. The summed E-state index contributed by atoms with van der Waals surface area (Å²) in [6, 6.07) is 5.82. The molecule has 0 aliphatic carbocycles. The Morgan fingerprint density at radius 1 is 1.42 bits per heavy atom. The van der Waals surface area contributed by atoms with Gasteiger partial charge in [0.25, 0.3) is 5.91 Å². The lowest BCUT2D eigenvalue weighted by Gasteiger charge is -2.23. The molecule has 1 N–H and O–H groups in total. The van der Waals surface area contributed by atoms with E-state index in [-0.39, 0.29) is 18.6 Å². The number of rotatable bonds is 3. The molecule has 0 saturated carbocycles. The van der Waals surface area contributed by atoms with Crippen molar-refractivity contribution in [3.63, 3.8) is 0 Å². The molecule has 1 fully saturated rings. The summed E-state index contributed by atoms with van der Waals surface area (Å²) in [6.07, 6.45) is 5.74. The van der Waals surface area contributed by atoms with Crippen molar-refractivity contribution < 1.29 is 9.90 Å². The van der Waals surface area contributed by atoms with Crippen LogP contribution in [0, 0.1) is 0 Å². The summed E-state index contributed by atoms with van der Waals surface area (Å²) >= 11 is 1.46. The monoisotopic (exact) mass is 276 g/mol. The van der Waals surface area contributed by atoms with Gasteiger partial charge in [-0.25, -0.2) is 0 Å². The Labute approximate surface area is 115 Å². The lowest BCUT2D eigenvalue weighted by Crippen LogP contribution is -2.37. The van der Waals surface area contributed by atoms with Crippen LogP contribution < -0.4 is 0 Å². The van der Waals surface area contributed by atoms with Gasteiger partial charge in [0.1, 0.15) is 4.88 Å². The molecule has 2 aromatic rings. The number of aliphatic hydroxyl groups is 1. The van der Waals surface area contributed by atoms with Gasteiger partial charge in [0.2, 0.25) is 0 Å². The molecule has 1 unspecified atom stereocenters. The van der Waals surface area contributed by atoms with Crippen LogP contribution in [-0.2, 0) is 0 Å². The molecule has 3 rings (SSSR count). The third-order valence-electron chi connectivity index (χ3n) is 3.57. The molecule has 4 nitrogen and oxygen atoms in total. The first-order valence-electron chi connectivity index (χ1n) is 6.44. The lowest BCUT2D eigenvalue weighted by atomic mass is 10.2. The van der Waals surface area contributed by atoms with Gasteiger partial charge in [0.05, 0.1) is 18.3 Å². The van der Waals surface area contributed by atoms with Crippen LogP contribution in [0.2, 0.25) is 0 Å². The molecule has 19 heavy (non-hydrogen) atoms. The van der Waals surface area contributed by atoms with Gasteiger partial charge in [-0.05, 0) is 36.4 Å². The largest absolute Gasteiger partial charge is 0.394 e. The topological polar surface area (TPSA) is 45.5 Å². The van der Waals surface area contributed by atoms with Crippen molar-refractivity contribution in [3.05, 3.63) is 40.8 Å². The van der Waals surface area contributed by atoms with Gasteiger partial charge in [-0.2, -0.15) is 0 Å². The minimum atomic E-state index is -0.0212. The Hall–Kier alpha value is -1.59. The van der Waals surface area contributed by atoms with Crippen molar-refractivity contribution in [2.75, 3.05) is 13.2 Å². The van der Waals surface area contributed by atoms with Gasteiger partial charge in [-0.1, -0.05) is 0 Å². The molecule has 0 radical (unpaired) electrons. The maximum absolute atomic E-state index is 12.6. The van der Waals surface area contributed by atoms with E-state index in [0.29, 0.717) is 0 Å². The summed E-state index contributed by atoms with van der Waals surface area (Å²) in [5, 5.41) is 11.3. The molecular formula is C14H16N2O2S. The molecule has 1 amide bonds. The van der Waals surface area contributed by atoms with Crippen molar-refractivity contribution in [1.82, 2.24) is 9.47 Å². The maximum atomic E-state index is 12.6. The zero-order chi connectivity index (χ0) is 13.2. The minimum absolute atomic E-state index is 0.0212. The summed E-state index contributed by atoms with van der Waals surface area (Å²) in [7, 11) is 0. The fraction of sp³-hybridized carbons (Fsp3) is 0.357. The molecule has 3 heterocycles. The van der Waals surface area contributed by atoms with E-state index in [1.165, 1.54) is 11.3 Å². The van der Waals surface area contributed by atoms with Crippen molar-refractivity contribution in [2.45, 2.75) is 18.9 Å². The number of aliphatic hydroxyl groups excluding tert-OH is 1. The van der Waals surface area contributed by atoms with E-state index < -0.39 is 0 Å². The first kappa shape index (κ1) is 12.4. The number of carbonyl (C=O) groups excluding carboxylic acids is 1. The SMILES string of the molecule is O=C(c1sccc1-n1cccc1)N1CCCC1CO. The molecule has 1 aliphatic rings. The average molecular weight is 276 g/mol. The lowest BCUT2D eigenvalue weighted by molar-refractivity contribution is 0.0682. The number of aromatic nitrogens is 1. The predicted molar refractivity (Wildman–Crippen MR) is 74.8 cm³/mol. The van der Waals surface area contributed by atoms with E-state index in [2.05, 4.69) is 0 Å². The van der Waals surface area contributed by atoms with Crippen molar-refractivity contribution in [3.8, 4) is 5.69 Å². The van der Waals surface area contributed by atoms with Crippen LogP contribution in [0.1, 0.15) is 22.5 Å². The normalized spacial score (nSPS) is 19.0. The van der Waals surface area contributed by atoms with Crippen molar-refractivity contribution >= 4 is 17.2 Å². The molecule has 0 aromatic carbocycles. The van der Waals surface area contributed by atoms with Crippen LogP contribution in [0.4, 0.5) is 0 Å². The summed E-state index contributed by atoms with van der Waals surface area (Å²) in [4.78, 5) is 15.2. The number of hydrogen-bond acceptors (Lipinski definition) is 3. The first-order valence-corrected chi connectivity index (χ1v) is 7.32. The number of hydrogen-bond donors (Lipinski definition) is 1. The molecule has 100 valence electrons.